The standard InChI is InChI=1S/C21H19BrN2O3S/c22-13-8-6-12(7-9-13)15-10-11-16(27-15)20(26)24-21-18(19(23)25)14-4-2-1-3-5-17(14)28-21/h6-11H,1-5H2,(H2,23,25)(H,24,26). The Morgan fingerprint density at radius 1 is 1.04 bits per heavy atom. The second-order valence-electron chi connectivity index (χ2n) is 6.76. The van der Waals surface area contributed by atoms with Gasteiger partial charge in [-0.25, -0.2) is 0 Å². The molecule has 0 saturated heterocycles. The Labute approximate surface area is 175 Å². The van der Waals surface area contributed by atoms with Crippen molar-refractivity contribution in [2.45, 2.75) is 32.1 Å². The van der Waals surface area contributed by atoms with E-state index < -0.39 is 5.91 Å². The topological polar surface area (TPSA) is 85.3 Å². The van der Waals surface area contributed by atoms with Crippen molar-refractivity contribution in [2.75, 3.05) is 5.32 Å². The van der Waals surface area contributed by atoms with Crippen LogP contribution in [0, 0.1) is 0 Å². The lowest BCUT2D eigenvalue weighted by molar-refractivity contribution is 0.0998. The molecular formula is C21H19BrN2O3S. The van der Waals surface area contributed by atoms with Gasteiger partial charge in [0.15, 0.2) is 5.76 Å². The molecule has 1 aromatic carbocycles. The summed E-state index contributed by atoms with van der Waals surface area (Å²) < 4.78 is 6.70. The van der Waals surface area contributed by atoms with Gasteiger partial charge >= 0.3 is 0 Å². The number of fused-ring (bicyclic) bond motifs is 1. The molecule has 0 aliphatic heterocycles. The van der Waals surface area contributed by atoms with Gasteiger partial charge in [-0.1, -0.05) is 34.5 Å². The first-order valence-corrected chi connectivity index (χ1v) is 10.8. The molecule has 28 heavy (non-hydrogen) atoms. The minimum absolute atomic E-state index is 0.192. The highest BCUT2D eigenvalue weighted by Gasteiger charge is 2.25. The second kappa shape index (κ2) is 7.93. The average Bonchev–Trinajstić information content (AvgIpc) is 3.22. The Bertz CT molecular complexity index is 1040. The van der Waals surface area contributed by atoms with Gasteiger partial charge in [0.1, 0.15) is 10.8 Å². The number of anilines is 1. The van der Waals surface area contributed by atoms with Gasteiger partial charge in [-0.2, -0.15) is 0 Å². The number of carbonyl (C=O) groups excluding carboxylic acids is 2. The number of thiophene rings is 1. The van der Waals surface area contributed by atoms with Gasteiger partial charge < -0.3 is 15.5 Å². The van der Waals surface area contributed by atoms with Crippen LogP contribution in [0.15, 0.2) is 45.3 Å². The van der Waals surface area contributed by atoms with Crippen LogP contribution in [-0.4, -0.2) is 11.8 Å². The third kappa shape index (κ3) is 3.77. The van der Waals surface area contributed by atoms with Crippen LogP contribution in [0.4, 0.5) is 5.00 Å². The molecule has 0 saturated carbocycles. The van der Waals surface area contributed by atoms with Gasteiger partial charge in [0.2, 0.25) is 0 Å². The highest BCUT2D eigenvalue weighted by atomic mass is 79.9. The normalized spacial score (nSPS) is 13.6. The highest BCUT2D eigenvalue weighted by molar-refractivity contribution is 9.10. The van der Waals surface area contributed by atoms with Gasteiger partial charge in [-0.15, -0.1) is 11.3 Å². The molecule has 2 aromatic heterocycles. The lowest BCUT2D eigenvalue weighted by Crippen LogP contribution is -2.17. The fourth-order valence-corrected chi connectivity index (χ4v) is 5.04. The van der Waals surface area contributed by atoms with E-state index in [4.69, 9.17) is 10.2 Å². The molecular weight excluding hydrogens is 440 g/mol. The molecule has 3 N–H and O–H groups in total. The number of rotatable bonds is 4. The minimum atomic E-state index is -0.496. The molecule has 4 rings (SSSR count). The van der Waals surface area contributed by atoms with E-state index in [0.29, 0.717) is 16.3 Å². The van der Waals surface area contributed by atoms with Crippen LogP contribution in [0.3, 0.4) is 0 Å². The molecule has 0 bridgehead atoms. The van der Waals surface area contributed by atoms with Gasteiger partial charge in [0, 0.05) is 14.9 Å². The summed E-state index contributed by atoms with van der Waals surface area (Å²) in [4.78, 5) is 25.9. The summed E-state index contributed by atoms with van der Waals surface area (Å²) in [5.41, 5.74) is 7.96. The highest BCUT2D eigenvalue weighted by Crippen LogP contribution is 2.37. The molecule has 0 spiro atoms. The van der Waals surface area contributed by atoms with E-state index >= 15 is 0 Å². The van der Waals surface area contributed by atoms with Crippen molar-refractivity contribution in [3.63, 3.8) is 0 Å². The van der Waals surface area contributed by atoms with Crippen LogP contribution in [0.2, 0.25) is 0 Å². The maximum absolute atomic E-state index is 12.7. The quantitative estimate of drug-likeness (QED) is 0.513. The molecule has 0 atom stereocenters. The third-order valence-electron chi connectivity index (χ3n) is 4.85. The molecule has 1 aliphatic rings. The van der Waals surface area contributed by atoms with Crippen molar-refractivity contribution < 1.29 is 14.0 Å². The number of furan rings is 1. The monoisotopic (exact) mass is 458 g/mol. The first-order valence-electron chi connectivity index (χ1n) is 9.14. The van der Waals surface area contributed by atoms with Crippen molar-refractivity contribution in [2.24, 2.45) is 5.73 Å². The van der Waals surface area contributed by atoms with Gasteiger partial charge in [0.25, 0.3) is 11.8 Å². The predicted molar refractivity (Wildman–Crippen MR) is 114 cm³/mol. The first kappa shape index (κ1) is 19.0. The van der Waals surface area contributed by atoms with E-state index in [9.17, 15) is 9.59 Å². The number of nitrogens with one attached hydrogen (secondary N) is 1. The number of carbonyl (C=O) groups is 2. The van der Waals surface area contributed by atoms with Crippen LogP contribution in [0.5, 0.6) is 0 Å². The SMILES string of the molecule is NC(=O)c1c(NC(=O)c2ccc(-c3ccc(Br)cc3)o2)sc2c1CCCCC2. The summed E-state index contributed by atoms with van der Waals surface area (Å²) in [6, 6.07) is 11.0. The molecule has 2 heterocycles. The van der Waals surface area contributed by atoms with Gasteiger partial charge in [-0.3, -0.25) is 9.59 Å². The molecule has 0 radical (unpaired) electrons. The number of hydrogen-bond acceptors (Lipinski definition) is 4. The van der Waals surface area contributed by atoms with E-state index in [0.717, 1.165) is 52.6 Å². The summed E-state index contributed by atoms with van der Waals surface area (Å²) in [7, 11) is 0. The van der Waals surface area contributed by atoms with E-state index in [-0.39, 0.29) is 11.7 Å². The smallest absolute Gasteiger partial charge is 0.292 e. The number of primary amides is 1. The Hall–Kier alpha value is -2.38. The largest absolute Gasteiger partial charge is 0.451 e. The van der Waals surface area contributed by atoms with E-state index in [1.54, 1.807) is 12.1 Å². The zero-order chi connectivity index (χ0) is 19.7. The van der Waals surface area contributed by atoms with Gasteiger partial charge in [-0.05, 0) is 55.5 Å². The number of hydrogen-bond donors (Lipinski definition) is 2. The number of halogens is 1. The van der Waals surface area contributed by atoms with Crippen molar-refractivity contribution in [3.05, 3.63) is 62.6 Å². The molecule has 7 heteroatoms. The van der Waals surface area contributed by atoms with E-state index in [1.807, 2.05) is 24.3 Å². The van der Waals surface area contributed by atoms with Crippen LogP contribution < -0.4 is 11.1 Å². The van der Waals surface area contributed by atoms with E-state index in [1.165, 1.54) is 11.3 Å². The van der Waals surface area contributed by atoms with Crippen LogP contribution >= 0.6 is 27.3 Å². The van der Waals surface area contributed by atoms with Crippen molar-refractivity contribution in [1.29, 1.82) is 0 Å². The Morgan fingerprint density at radius 2 is 1.79 bits per heavy atom. The number of benzene rings is 1. The third-order valence-corrected chi connectivity index (χ3v) is 6.59. The summed E-state index contributed by atoms with van der Waals surface area (Å²) in [5, 5.41) is 3.36. The zero-order valence-corrected chi connectivity index (χ0v) is 17.5. The Kier molecular flexibility index (Phi) is 5.37. The molecule has 0 unspecified atom stereocenters. The maximum atomic E-state index is 12.7. The molecule has 1 aliphatic carbocycles. The lowest BCUT2D eigenvalue weighted by atomic mass is 10.1. The molecule has 3 aromatic rings. The first-order chi connectivity index (χ1) is 13.5. The summed E-state index contributed by atoms with van der Waals surface area (Å²) in [6.07, 6.45) is 5.02. The average molecular weight is 459 g/mol. The predicted octanol–water partition coefficient (Wildman–Crippen LogP) is 5.39. The summed E-state index contributed by atoms with van der Waals surface area (Å²) in [6.45, 7) is 0. The molecule has 5 nitrogen and oxygen atoms in total. The van der Waals surface area contributed by atoms with Crippen molar-refractivity contribution in [3.8, 4) is 11.3 Å². The fraction of sp³-hybridized carbons (Fsp3) is 0.238. The molecule has 2 amide bonds. The van der Waals surface area contributed by atoms with Crippen LogP contribution in [0.1, 0.15) is 50.6 Å². The summed E-state index contributed by atoms with van der Waals surface area (Å²) >= 11 is 4.85. The summed E-state index contributed by atoms with van der Waals surface area (Å²) in [5.74, 6) is -0.0846. The fourth-order valence-electron chi connectivity index (χ4n) is 3.49. The minimum Gasteiger partial charge on any atom is -0.451 e. The molecule has 144 valence electrons. The van der Waals surface area contributed by atoms with Crippen LogP contribution in [-0.2, 0) is 12.8 Å². The second-order valence-corrected chi connectivity index (χ2v) is 8.78. The number of aryl methyl sites for hydroxylation is 1. The van der Waals surface area contributed by atoms with Crippen molar-refractivity contribution >= 4 is 44.1 Å². The zero-order valence-electron chi connectivity index (χ0n) is 15.1. The van der Waals surface area contributed by atoms with Crippen LogP contribution in [0.25, 0.3) is 11.3 Å². The van der Waals surface area contributed by atoms with Crippen molar-refractivity contribution in [1.82, 2.24) is 0 Å². The Balaban J connectivity index is 1.59. The number of nitrogens with two attached hydrogens (primary N) is 1. The maximum Gasteiger partial charge on any atom is 0.292 e. The van der Waals surface area contributed by atoms with Gasteiger partial charge in [0.05, 0.1) is 5.56 Å². The number of amides is 2. The lowest BCUT2D eigenvalue weighted by Gasteiger charge is -2.05. The molecule has 0 fully saturated rings. The Morgan fingerprint density at radius 3 is 2.54 bits per heavy atom. The van der Waals surface area contributed by atoms with E-state index in [2.05, 4.69) is 21.2 Å².